The highest BCUT2D eigenvalue weighted by molar-refractivity contribution is 5.52. The number of nitrogens with zero attached hydrogens (tertiary/aromatic N) is 5. The van der Waals surface area contributed by atoms with Crippen molar-refractivity contribution in [2.75, 3.05) is 5.73 Å². The minimum atomic E-state index is 0.237. The van der Waals surface area contributed by atoms with Crippen LogP contribution in [0.2, 0.25) is 0 Å². The van der Waals surface area contributed by atoms with E-state index >= 15 is 0 Å². The summed E-state index contributed by atoms with van der Waals surface area (Å²) in [6.07, 6.45) is 11.1. The van der Waals surface area contributed by atoms with Crippen LogP contribution in [0.1, 0.15) is 45.8 Å². The van der Waals surface area contributed by atoms with Gasteiger partial charge in [-0.2, -0.15) is 5.10 Å². The van der Waals surface area contributed by atoms with Gasteiger partial charge in [0.05, 0.1) is 23.1 Å². The monoisotopic (exact) mass is 392 g/mol. The molecule has 1 atom stereocenters. The van der Waals surface area contributed by atoms with Crippen LogP contribution in [0.5, 0.6) is 0 Å². The van der Waals surface area contributed by atoms with Crippen LogP contribution in [-0.2, 0) is 6.42 Å². The van der Waals surface area contributed by atoms with Crippen molar-refractivity contribution in [3.8, 4) is 17.5 Å². The quantitative estimate of drug-likeness (QED) is 0.529. The van der Waals surface area contributed by atoms with Gasteiger partial charge in [-0.15, -0.1) is 0 Å². The van der Waals surface area contributed by atoms with Gasteiger partial charge >= 0.3 is 0 Å². The van der Waals surface area contributed by atoms with E-state index in [1.54, 1.807) is 18.6 Å². The number of hydrogen-bond acceptors (Lipinski definition) is 5. The molecule has 6 heteroatoms. The van der Waals surface area contributed by atoms with Crippen LogP contribution < -0.4 is 5.73 Å². The molecule has 0 fully saturated rings. The van der Waals surface area contributed by atoms with Crippen molar-refractivity contribution < 1.29 is 0 Å². The van der Waals surface area contributed by atoms with Crippen LogP contribution in [0, 0.1) is 18.8 Å². The third-order valence-electron chi connectivity index (χ3n) is 5.51. The maximum Gasteiger partial charge on any atom is 0.219 e. The summed E-state index contributed by atoms with van der Waals surface area (Å²) in [7, 11) is 0. The second kappa shape index (κ2) is 7.45. The molecule has 1 aromatic carbocycles. The lowest BCUT2D eigenvalue weighted by molar-refractivity contribution is 0.724. The zero-order valence-corrected chi connectivity index (χ0v) is 16.6. The summed E-state index contributed by atoms with van der Waals surface area (Å²) in [6, 6.07) is 10.6. The first-order chi connectivity index (χ1) is 14.7. The SMILES string of the molecule is Cc1c(C#Cc2cnc(N)nc2)cncc1-n1cc2c(n1)C(c1ccccc1)CC2. The van der Waals surface area contributed by atoms with Crippen LogP contribution >= 0.6 is 0 Å². The van der Waals surface area contributed by atoms with Crippen LogP contribution in [0.4, 0.5) is 5.95 Å². The lowest BCUT2D eigenvalue weighted by Crippen LogP contribution is -2.04. The van der Waals surface area contributed by atoms with Crippen LogP contribution in [-0.4, -0.2) is 24.7 Å². The maximum absolute atomic E-state index is 5.53. The molecule has 0 saturated heterocycles. The molecule has 5 rings (SSSR count). The van der Waals surface area contributed by atoms with Crippen molar-refractivity contribution in [2.45, 2.75) is 25.7 Å². The summed E-state index contributed by atoms with van der Waals surface area (Å²) in [6.45, 7) is 2.04. The van der Waals surface area contributed by atoms with Crippen LogP contribution in [0.15, 0.2) is 61.3 Å². The number of aryl methyl sites for hydroxylation is 1. The van der Waals surface area contributed by atoms with Gasteiger partial charge < -0.3 is 5.73 Å². The Bertz CT molecular complexity index is 1260. The van der Waals surface area contributed by atoms with Gasteiger partial charge in [0.15, 0.2) is 0 Å². The fourth-order valence-corrected chi connectivity index (χ4v) is 3.89. The number of aromatic nitrogens is 5. The van der Waals surface area contributed by atoms with E-state index in [0.717, 1.165) is 35.3 Å². The van der Waals surface area contributed by atoms with Gasteiger partial charge in [0.2, 0.25) is 5.95 Å². The molecule has 0 radical (unpaired) electrons. The molecule has 30 heavy (non-hydrogen) atoms. The van der Waals surface area contributed by atoms with Crippen molar-refractivity contribution in [1.29, 1.82) is 0 Å². The second-order valence-corrected chi connectivity index (χ2v) is 7.40. The van der Waals surface area contributed by atoms with Crippen molar-refractivity contribution in [3.05, 3.63) is 94.8 Å². The molecule has 6 nitrogen and oxygen atoms in total. The van der Waals surface area contributed by atoms with E-state index < -0.39 is 0 Å². The Morgan fingerprint density at radius 1 is 1.03 bits per heavy atom. The molecule has 0 saturated carbocycles. The van der Waals surface area contributed by atoms with Crippen molar-refractivity contribution in [1.82, 2.24) is 24.7 Å². The third kappa shape index (κ3) is 3.31. The second-order valence-electron chi connectivity index (χ2n) is 7.40. The standard InChI is InChI=1S/C24H20N6/c1-16-19(8-7-17-11-27-24(25)28-12-17)13-26-14-22(16)30-15-20-9-10-21(23(20)29-30)18-5-3-2-4-6-18/h2-6,11-15,21H,9-10H2,1H3,(H2,25,27,28). The van der Waals surface area contributed by atoms with Gasteiger partial charge in [-0.25, -0.2) is 14.6 Å². The first kappa shape index (κ1) is 18.1. The first-order valence-corrected chi connectivity index (χ1v) is 9.87. The van der Waals surface area contributed by atoms with Crippen molar-refractivity contribution in [3.63, 3.8) is 0 Å². The van der Waals surface area contributed by atoms with Crippen molar-refractivity contribution >= 4 is 5.95 Å². The van der Waals surface area contributed by atoms with E-state index in [1.165, 1.54) is 11.1 Å². The Morgan fingerprint density at radius 2 is 1.83 bits per heavy atom. The zero-order valence-electron chi connectivity index (χ0n) is 16.6. The Hall–Kier alpha value is -3.98. The first-order valence-electron chi connectivity index (χ1n) is 9.87. The number of pyridine rings is 1. The summed E-state index contributed by atoms with van der Waals surface area (Å²) >= 11 is 0. The predicted octanol–water partition coefficient (Wildman–Crippen LogP) is 3.43. The molecule has 4 aromatic rings. The lowest BCUT2D eigenvalue weighted by atomic mass is 9.97. The van der Waals surface area contributed by atoms with Gasteiger partial charge in [0.25, 0.3) is 0 Å². The molecule has 3 heterocycles. The van der Waals surface area contributed by atoms with Gasteiger partial charge in [-0.1, -0.05) is 42.2 Å². The van der Waals surface area contributed by atoms with Gasteiger partial charge in [0, 0.05) is 36.3 Å². The van der Waals surface area contributed by atoms with E-state index in [1.807, 2.05) is 17.8 Å². The van der Waals surface area contributed by atoms with Gasteiger partial charge in [-0.05, 0) is 36.5 Å². The number of anilines is 1. The number of rotatable bonds is 2. The largest absolute Gasteiger partial charge is 0.368 e. The summed E-state index contributed by atoms with van der Waals surface area (Å²) in [4.78, 5) is 12.3. The van der Waals surface area contributed by atoms with E-state index in [4.69, 9.17) is 10.8 Å². The van der Waals surface area contributed by atoms with E-state index in [-0.39, 0.29) is 5.95 Å². The fraction of sp³-hybridized carbons (Fsp3) is 0.167. The zero-order chi connectivity index (χ0) is 20.5. The molecule has 146 valence electrons. The lowest BCUT2D eigenvalue weighted by Gasteiger charge is -2.11. The normalized spacial score (nSPS) is 14.8. The molecule has 0 aliphatic heterocycles. The van der Waals surface area contributed by atoms with E-state index in [0.29, 0.717) is 11.5 Å². The molecule has 1 aliphatic carbocycles. The topological polar surface area (TPSA) is 82.5 Å². The summed E-state index contributed by atoms with van der Waals surface area (Å²) in [5, 5.41) is 4.94. The number of nitrogens with two attached hydrogens (primary N) is 1. The molecule has 0 spiro atoms. The molecule has 2 N–H and O–H groups in total. The highest BCUT2D eigenvalue weighted by atomic mass is 15.3. The van der Waals surface area contributed by atoms with Crippen molar-refractivity contribution in [2.24, 2.45) is 0 Å². The molecule has 1 aliphatic rings. The number of benzene rings is 1. The minimum absolute atomic E-state index is 0.237. The number of hydrogen-bond donors (Lipinski definition) is 1. The highest BCUT2D eigenvalue weighted by Gasteiger charge is 2.28. The third-order valence-corrected chi connectivity index (χ3v) is 5.51. The molecule has 3 aromatic heterocycles. The Labute approximate surface area is 174 Å². The summed E-state index contributed by atoms with van der Waals surface area (Å²) in [5.41, 5.74) is 12.8. The fourth-order valence-electron chi connectivity index (χ4n) is 3.89. The molecule has 0 amide bonds. The Morgan fingerprint density at radius 3 is 2.63 bits per heavy atom. The summed E-state index contributed by atoms with van der Waals surface area (Å²) in [5.74, 6) is 6.83. The molecular formula is C24H20N6. The Balaban J connectivity index is 1.48. The smallest absolute Gasteiger partial charge is 0.219 e. The Kier molecular flexibility index (Phi) is 4.49. The van der Waals surface area contributed by atoms with Gasteiger partial charge in [0.1, 0.15) is 0 Å². The summed E-state index contributed by atoms with van der Waals surface area (Å²) < 4.78 is 1.94. The van der Waals surface area contributed by atoms with Crippen LogP contribution in [0.25, 0.3) is 5.69 Å². The molecular weight excluding hydrogens is 372 g/mol. The molecule has 0 bridgehead atoms. The van der Waals surface area contributed by atoms with Gasteiger partial charge in [-0.3, -0.25) is 4.98 Å². The van der Waals surface area contributed by atoms with Crippen LogP contribution in [0.3, 0.4) is 0 Å². The number of fused-ring (bicyclic) bond motifs is 1. The van der Waals surface area contributed by atoms with E-state index in [9.17, 15) is 0 Å². The minimum Gasteiger partial charge on any atom is -0.368 e. The maximum atomic E-state index is 5.53. The average molecular weight is 392 g/mol. The number of nitrogen functional groups attached to an aromatic ring is 1. The predicted molar refractivity (Wildman–Crippen MR) is 115 cm³/mol. The molecule has 1 unspecified atom stereocenters. The van der Waals surface area contributed by atoms with E-state index in [2.05, 4.69) is 63.3 Å². The average Bonchev–Trinajstić information content (AvgIpc) is 3.36. The highest BCUT2D eigenvalue weighted by Crippen LogP contribution is 2.37.